The molecule has 1 fully saturated rings. The van der Waals surface area contributed by atoms with Gasteiger partial charge < -0.3 is 9.47 Å². The van der Waals surface area contributed by atoms with Gasteiger partial charge in [-0.15, -0.1) is 6.42 Å². The first-order valence-corrected chi connectivity index (χ1v) is 5.28. The lowest BCUT2D eigenvalue weighted by Gasteiger charge is -2.12. The van der Waals surface area contributed by atoms with Crippen LogP contribution < -0.4 is 4.74 Å². The van der Waals surface area contributed by atoms with Gasteiger partial charge in [0, 0.05) is 0 Å². The summed E-state index contributed by atoms with van der Waals surface area (Å²) in [6.45, 7) is 0.462. The molecular weight excluding hydrogens is 207 g/mol. The summed E-state index contributed by atoms with van der Waals surface area (Å²) in [5, 5.41) is 0. The van der Waals surface area contributed by atoms with E-state index in [4.69, 9.17) is 15.9 Å². The lowest BCUT2D eigenvalue weighted by atomic mass is 10.2. The first-order chi connectivity index (χ1) is 7.78. The van der Waals surface area contributed by atoms with Crippen molar-refractivity contribution in [1.29, 1.82) is 0 Å². The highest BCUT2D eigenvalue weighted by Gasteiger charge is 2.23. The first-order valence-electron chi connectivity index (χ1n) is 5.28. The lowest BCUT2D eigenvalue weighted by Crippen LogP contribution is -2.18. The number of ether oxygens (including phenoxy) is 2. The Kier molecular flexibility index (Phi) is 3.43. The monoisotopic (exact) mass is 220 g/mol. The molecule has 1 heterocycles. The van der Waals surface area contributed by atoms with Crippen molar-refractivity contribution in [3.05, 3.63) is 30.1 Å². The molecule has 1 aliphatic heterocycles. The number of hydrogen-bond donors (Lipinski definition) is 0. The summed E-state index contributed by atoms with van der Waals surface area (Å²) in [7, 11) is 0. The predicted molar refractivity (Wildman–Crippen MR) is 58.6 cm³/mol. The highest BCUT2D eigenvalue weighted by atomic mass is 19.1. The van der Waals surface area contributed by atoms with Gasteiger partial charge in [-0.05, 0) is 37.1 Å². The minimum absolute atomic E-state index is 0.0473. The minimum atomic E-state index is -0.267. The van der Waals surface area contributed by atoms with Crippen molar-refractivity contribution >= 4 is 0 Å². The van der Waals surface area contributed by atoms with Crippen molar-refractivity contribution in [1.82, 2.24) is 0 Å². The molecule has 0 amide bonds. The number of terminal acetylenes is 1. The molecule has 3 heteroatoms. The van der Waals surface area contributed by atoms with Crippen LogP contribution in [0, 0.1) is 18.2 Å². The average Bonchev–Trinajstić information content (AvgIpc) is 2.76. The Balaban J connectivity index is 1.80. The van der Waals surface area contributed by atoms with Crippen LogP contribution in [0.2, 0.25) is 0 Å². The van der Waals surface area contributed by atoms with Crippen molar-refractivity contribution in [3.63, 3.8) is 0 Å². The molecule has 1 aromatic carbocycles. The number of halogens is 1. The van der Waals surface area contributed by atoms with E-state index in [0.717, 1.165) is 12.8 Å². The van der Waals surface area contributed by atoms with Gasteiger partial charge >= 0.3 is 0 Å². The second kappa shape index (κ2) is 5.00. The van der Waals surface area contributed by atoms with Gasteiger partial charge in [-0.25, -0.2) is 4.39 Å². The normalized spacial score (nSPS) is 24.0. The molecule has 0 unspecified atom stereocenters. The van der Waals surface area contributed by atoms with Crippen LogP contribution in [-0.2, 0) is 4.74 Å². The van der Waals surface area contributed by atoms with E-state index in [1.807, 2.05) is 0 Å². The standard InChI is InChI=1S/C13H13FO2/c1-2-11-7-8-13(16-11)9-15-12-5-3-10(14)4-6-12/h1,3-6,11,13H,7-9H2/t11-,13+/m0/s1. The molecule has 1 aliphatic rings. The van der Waals surface area contributed by atoms with Gasteiger partial charge in [0.1, 0.15) is 24.3 Å². The fourth-order valence-electron chi connectivity index (χ4n) is 1.67. The quantitative estimate of drug-likeness (QED) is 0.728. The van der Waals surface area contributed by atoms with Gasteiger partial charge in [-0.1, -0.05) is 5.92 Å². The molecule has 2 nitrogen and oxygen atoms in total. The molecule has 2 atom stereocenters. The van der Waals surface area contributed by atoms with Crippen molar-refractivity contribution in [2.75, 3.05) is 6.61 Å². The molecule has 0 saturated carbocycles. The molecular formula is C13H13FO2. The fraction of sp³-hybridized carbons (Fsp3) is 0.385. The molecule has 16 heavy (non-hydrogen) atoms. The highest BCUT2D eigenvalue weighted by molar-refractivity contribution is 5.22. The third-order valence-corrected chi connectivity index (χ3v) is 2.54. The summed E-state index contributed by atoms with van der Waals surface area (Å²) in [6, 6.07) is 5.94. The molecule has 84 valence electrons. The Morgan fingerprint density at radius 2 is 2.12 bits per heavy atom. The number of rotatable bonds is 3. The Hall–Kier alpha value is -1.53. The van der Waals surface area contributed by atoms with Gasteiger partial charge in [-0.3, -0.25) is 0 Å². The van der Waals surface area contributed by atoms with Crippen LogP contribution in [0.4, 0.5) is 4.39 Å². The molecule has 2 rings (SSSR count). The maximum atomic E-state index is 12.6. The second-order valence-corrected chi connectivity index (χ2v) is 3.76. The largest absolute Gasteiger partial charge is 0.491 e. The summed E-state index contributed by atoms with van der Waals surface area (Å²) in [6.07, 6.45) is 7.02. The fourth-order valence-corrected chi connectivity index (χ4v) is 1.67. The Labute approximate surface area is 94.4 Å². The van der Waals surface area contributed by atoms with E-state index < -0.39 is 0 Å². The molecule has 0 aliphatic carbocycles. The molecule has 0 radical (unpaired) electrons. The van der Waals surface area contributed by atoms with Crippen molar-refractivity contribution in [2.45, 2.75) is 25.0 Å². The van der Waals surface area contributed by atoms with Crippen molar-refractivity contribution in [3.8, 4) is 18.1 Å². The molecule has 1 aromatic rings. The van der Waals surface area contributed by atoms with E-state index >= 15 is 0 Å². The van der Waals surface area contributed by atoms with E-state index in [-0.39, 0.29) is 18.0 Å². The maximum Gasteiger partial charge on any atom is 0.123 e. The highest BCUT2D eigenvalue weighted by Crippen LogP contribution is 2.20. The van der Waals surface area contributed by atoms with E-state index in [1.54, 1.807) is 12.1 Å². The average molecular weight is 220 g/mol. The zero-order valence-electron chi connectivity index (χ0n) is 8.86. The summed E-state index contributed by atoms with van der Waals surface area (Å²) < 4.78 is 23.6. The van der Waals surface area contributed by atoms with Crippen LogP contribution in [0.1, 0.15) is 12.8 Å². The Bertz CT molecular complexity index is 380. The molecule has 0 aromatic heterocycles. The molecule has 0 spiro atoms. The smallest absolute Gasteiger partial charge is 0.123 e. The van der Waals surface area contributed by atoms with Gasteiger partial charge in [0.05, 0.1) is 6.10 Å². The van der Waals surface area contributed by atoms with E-state index in [9.17, 15) is 4.39 Å². The summed E-state index contributed by atoms with van der Waals surface area (Å²) >= 11 is 0. The van der Waals surface area contributed by atoms with E-state index in [1.165, 1.54) is 12.1 Å². The molecule has 0 bridgehead atoms. The summed E-state index contributed by atoms with van der Waals surface area (Å²) in [4.78, 5) is 0. The van der Waals surface area contributed by atoms with Crippen molar-refractivity contribution < 1.29 is 13.9 Å². The van der Waals surface area contributed by atoms with Crippen LogP contribution in [-0.4, -0.2) is 18.8 Å². The van der Waals surface area contributed by atoms with Crippen LogP contribution in [0.3, 0.4) is 0 Å². The van der Waals surface area contributed by atoms with Crippen LogP contribution in [0.5, 0.6) is 5.75 Å². The second-order valence-electron chi connectivity index (χ2n) is 3.76. The predicted octanol–water partition coefficient (Wildman–Crippen LogP) is 2.39. The van der Waals surface area contributed by atoms with Gasteiger partial charge in [0.15, 0.2) is 0 Å². The zero-order chi connectivity index (χ0) is 11.4. The van der Waals surface area contributed by atoms with Crippen LogP contribution in [0.25, 0.3) is 0 Å². The zero-order valence-corrected chi connectivity index (χ0v) is 8.86. The first kappa shape index (κ1) is 11.0. The summed E-state index contributed by atoms with van der Waals surface area (Å²) in [5.74, 6) is 2.95. The van der Waals surface area contributed by atoms with E-state index in [0.29, 0.717) is 12.4 Å². The van der Waals surface area contributed by atoms with Crippen LogP contribution in [0.15, 0.2) is 24.3 Å². The van der Waals surface area contributed by atoms with Gasteiger partial charge in [-0.2, -0.15) is 0 Å². The maximum absolute atomic E-state index is 12.6. The number of benzene rings is 1. The third kappa shape index (κ3) is 2.74. The SMILES string of the molecule is C#C[C@H]1CC[C@H](COc2ccc(F)cc2)O1. The van der Waals surface area contributed by atoms with E-state index in [2.05, 4.69) is 5.92 Å². The molecule has 1 saturated heterocycles. The Morgan fingerprint density at radius 3 is 2.75 bits per heavy atom. The topological polar surface area (TPSA) is 18.5 Å². The summed E-state index contributed by atoms with van der Waals surface area (Å²) in [5.41, 5.74) is 0. The minimum Gasteiger partial charge on any atom is -0.491 e. The van der Waals surface area contributed by atoms with Crippen LogP contribution >= 0.6 is 0 Å². The molecule has 0 N–H and O–H groups in total. The number of hydrogen-bond acceptors (Lipinski definition) is 2. The Morgan fingerprint density at radius 1 is 1.38 bits per heavy atom. The van der Waals surface area contributed by atoms with Gasteiger partial charge in [0.25, 0.3) is 0 Å². The third-order valence-electron chi connectivity index (χ3n) is 2.54. The van der Waals surface area contributed by atoms with Gasteiger partial charge in [0.2, 0.25) is 0 Å². The lowest BCUT2D eigenvalue weighted by molar-refractivity contribution is 0.0420. The van der Waals surface area contributed by atoms with Crippen molar-refractivity contribution in [2.24, 2.45) is 0 Å².